The second-order valence-electron chi connectivity index (χ2n) is 9.01. The van der Waals surface area contributed by atoms with Crippen LogP contribution in [0.5, 0.6) is 5.75 Å². The minimum Gasteiger partial charge on any atom is -0.484 e. The van der Waals surface area contributed by atoms with Crippen LogP contribution in [0.4, 0.5) is 5.82 Å². The molecule has 0 aliphatic carbocycles. The summed E-state index contributed by atoms with van der Waals surface area (Å²) in [5.74, 6) is 1.60. The van der Waals surface area contributed by atoms with Crippen LogP contribution in [-0.4, -0.2) is 53.8 Å². The number of amides is 1. The van der Waals surface area contributed by atoms with Crippen molar-refractivity contribution in [2.24, 2.45) is 0 Å². The standard InChI is InChI=1S/C27H32N4O2/c1-18-12-19(2)14-23(13-18)33-17-27(32)31-10-8-30(9-11-31)26-7-6-25(28-29-26)24-16-21(4)20(3)15-22(24)5/h6-7,12-16H,8-11,17H2,1-5H3. The maximum absolute atomic E-state index is 12.6. The van der Waals surface area contributed by atoms with Gasteiger partial charge in [0.2, 0.25) is 0 Å². The summed E-state index contributed by atoms with van der Waals surface area (Å²) in [6.07, 6.45) is 0. The van der Waals surface area contributed by atoms with Gasteiger partial charge in [-0.05, 0) is 92.8 Å². The molecule has 0 atom stereocenters. The van der Waals surface area contributed by atoms with Gasteiger partial charge in [-0.3, -0.25) is 4.79 Å². The predicted molar refractivity (Wildman–Crippen MR) is 132 cm³/mol. The molecule has 1 aliphatic rings. The Labute approximate surface area is 196 Å². The number of ether oxygens (including phenoxy) is 1. The molecule has 1 saturated heterocycles. The van der Waals surface area contributed by atoms with E-state index in [0.29, 0.717) is 13.1 Å². The van der Waals surface area contributed by atoms with Gasteiger partial charge in [0.25, 0.3) is 5.91 Å². The van der Waals surface area contributed by atoms with Crippen molar-refractivity contribution in [1.29, 1.82) is 0 Å². The summed E-state index contributed by atoms with van der Waals surface area (Å²) >= 11 is 0. The monoisotopic (exact) mass is 444 g/mol. The molecule has 6 nitrogen and oxygen atoms in total. The highest BCUT2D eigenvalue weighted by Crippen LogP contribution is 2.25. The largest absolute Gasteiger partial charge is 0.484 e. The summed E-state index contributed by atoms with van der Waals surface area (Å²) in [5.41, 5.74) is 8.01. The third kappa shape index (κ3) is 5.33. The minimum atomic E-state index is 0.0143. The van der Waals surface area contributed by atoms with Crippen LogP contribution in [0.3, 0.4) is 0 Å². The first kappa shape index (κ1) is 22.8. The predicted octanol–water partition coefficient (Wildman–Crippen LogP) is 4.41. The van der Waals surface area contributed by atoms with Crippen molar-refractivity contribution in [1.82, 2.24) is 15.1 Å². The van der Waals surface area contributed by atoms with Crippen molar-refractivity contribution in [2.45, 2.75) is 34.6 Å². The number of carbonyl (C=O) groups excluding carboxylic acids is 1. The van der Waals surface area contributed by atoms with E-state index in [1.54, 1.807) is 0 Å². The Morgan fingerprint density at radius 1 is 0.818 bits per heavy atom. The van der Waals surface area contributed by atoms with Crippen LogP contribution in [0.25, 0.3) is 11.3 Å². The van der Waals surface area contributed by atoms with Crippen molar-refractivity contribution >= 4 is 11.7 Å². The lowest BCUT2D eigenvalue weighted by atomic mass is 9.99. The lowest BCUT2D eigenvalue weighted by molar-refractivity contribution is -0.133. The highest BCUT2D eigenvalue weighted by atomic mass is 16.5. The fraction of sp³-hybridized carbons (Fsp3) is 0.370. The Hall–Kier alpha value is -3.41. The lowest BCUT2D eigenvalue weighted by Crippen LogP contribution is -2.50. The molecule has 6 heteroatoms. The van der Waals surface area contributed by atoms with Crippen LogP contribution in [0.2, 0.25) is 0 Å². The summed E-state index contributed by atoms with van der Waals surface area (Å²) in [5, 5.41) is 8.98. The zero-order chi connectivity index (χ0) is 23.5. The fourth-order valence-electron chi connectivity index (χ4n) is 4.31. The van der Waals surface area contributed by atoms with Crippen LogP contribution < -0.4 is 9.64 Å². The number of nitrogens with zero attached hydrogens (tertiary/aromatic N) is 4. The number of piperazine rings is 1. The van der Waals surface area contributed by atoms with E-state index in [0.717, 1.165) is 47.0 Å². The highest BCUT2D eigenvalue weighted by molar-refractivity contribution is 5.78. The van der Waals surface area contributed by atoms with Crippen molar-refractivity contribution in [2.75, 3.05) is 37.7 Å². The van der Waals surface area contributed by atoms with Gasteiger partial charge in [-0.25, -0.2) is 0 Å². The Morgan fingerprint density at radius 3 is 2.12 bits per heavy atom. The van der Waals surface area contributed by atoms with Crippen molar-refractivity contribution in [3.8, 4) is 17.0 Å². The van der Waals surface area contributed by atoms with E-state index >= 15 is 0 Å². The van der Waals surface area contributed by atoms with Gasteiger partial charge in [-0.15, -0.1) is 10.2 Å². The number of rotatable bonds is 5. The van der Waals surface area contributed by atoms with Gasteiger partial charge < -0.3 is 14.5 Å². The van der Waals surface area contributed by atoms with Gasteiger partial charge in [0.05, 0.1) is 5.69 Å². The quantitative estimate of drug-likeness (QED) is 0.583. The number of carbonyl (C=O) groups is 1. The summed E-state index contributed by atoms with van der Waals surface area (Å²) in [7, 11) is 0. The zero-order valence-corrected chi connectivity index (χ0v) is 20.2. The highest BCUT2D eigenvalue weighted by Gasteiger charge is 2.22. The molecule has 2 heterocycles. The smallest absolute Gasteiger partial charge is 0.260 e. The Balaban J connectivity index is 1.33. The number of hydrogen-bond acceptors (Lipinski definition) is 5. The third-order valence-corrected chi connectivity index (χ3v) is 6.28. The van der Waals surface area contributed by atoms with E-state index < -0.39 is 0 Å². The van der Waals surface area contributed by atoms with Crippen LogP contribution in [-0.2, 0) is 4.79 Å². The van der Waals surface area contributed by atoms with Gasteiger partial charge in [0, 0.05) is 31.7 Å². The maximum Gasteiger partial charge on any atom is 0.260 e. The number of hydrogen-bond donors (Lipinski definition) is 0. The molecule has 1 aliphatic heterocycles. The third-order valence-electron chi connectivity index (χ3n) is 6.28. The molecule has 0 N–H and O–H groups in total. The molecule has 2 aromatic carbocycles. The molecule has 1 amide bonds. The summed E-state index contributed by atoms with van der Waals surface area (Å²) in [6.45, 7) is 13.2. The maximum atomic E-state index is 12.6. The van der Waals surface area contributed by atoms with Gasteiger partial charge in [-0.1, -0.05) is 12.1 Å². The molecular weight excluding hydrogens is 412 g/mol. The molecule has 0 unspecified atom stereocenters. The molecule has 0 radical (unpaired) electrons. The Kier molecular flexibility index (Phi) is 6.63. The Bertz CT molecular complexity index is 1130. The van der Waals surface area contributed by atoms with Crippen molar-refractivity contribution in [3.05, 3.63) is 70.3 Å². The first-order valence-corrected chi connectivity index (χ1v) is 11.5. The number of aryl methyl sites for hydroxylation is 5. The van der Waals surface area contributed by atoms with E-state index in [1.165, 1.54) is 16.7 Å². The van der Waals surface area contributed by atoms with E-state index in [9.17, 15) is 4.79 Å². The molecule has 0 spiro atoms. The summed E-state index contributed by atoms with van der Waals surface area (Å²) in [6, 6.07) is 14.4. The van der Waals surface area contributed by atoms with Crippen molar-refractivity contribution in [3.63, 3.8) is 0 Å². The first-order chi connectivity index (χ1) is 15.8. The minimum absolute atomic E-state index is 0.0143. The van der Waals surface area contributed by atoms with Crippen LogP contribution in [0.1, 0.15) is 27.8 Å². The fourth-order valence-corrected chi connectivity index (χ4v) is 4.31. The zero-order valence-electron chi connectivity index (χ0n) is 20.2. The average molecular weight is 445 g/mol. The molecule has 4 rings (SSSR count). The molecule has 0 saturated carbocycles. The molecule has 0 bridgehead atoms. The van der Waals surface area contributed by atoms with Crippen LogP contribution >= 0.6 is 0 Å². The van der Waals surface area contributed by atoms with Gasteiger partial charge in [-0.2, -0.15) is 0 Å². The molecule has 1 fully saturated rings. The second kappa shape index (κ2) is 9.61. The van der Waals surface area contributed by atoms with E-state index in [1.807, 2.05) is 43.0 Å². The molecular formula is C27H32N4O2. The van der Waals surface area contributed by atoms with E-state index in [-0.39, 0.29) is 12.5 Å². The molecule has 3 aromatic rings. The average Bonchev–Trinajstić information content (AvgIpc) is 2.79. The molecule has 33 heavy (non-hydrogen) atoms. The van der Waals surface area contributed by atoms with Crippen LogP contribution in [0.15, 0.2) is 42.5 Å². The SMILES string of the molecule is Cc1cc(C)cc(OCC(=O)N2CCN(c3ccc(-c4cc(C)c(C)cc4C)nn3)CC2)c1. The summed E-state index contributed by atoms with van der Waals surface area (Å²) in [4.78, 5) is 16.7. The Morgan fingerprint density at radius 2 is 1.48 bits per heavy atom. The number of aromatic nitrogens is 2. The van der Waals surface area contributed by atoms with Crippen molar-refractivity contribution < 1.29 is 9.53 Å². The number of anilines is 1. The molecule has 1 aromatic heterocycles. The second-order valence-corrected chi connectivity index (χ2v) is 9.01. The number of benzene rings is 2. The topological polar surface area (TPSA) is 58.6 Å². The van der Waals surface area contributed by atoms with Crippen LogP contribution in [0, 0.1) is 34.6 Å². The van der Waals surface area contributed by atoms with E-state index in [4.69, 9.17) is 4.74 Å². The normalized spacial score (nSPS) is 13.8. The van der Waals surface area contributed by atoms with Gasteiger partial charge >= 0.3 is 0 Å². The van der Waals surface area contributed by atoms with Gasteiger partial charge in [0.15, 0.2) is 12.4 Å². The van der Waals surface area contributed by atoms with Gasteiger partial charge in [0.1, 0.15) is 5.75 Å². The van der Waals surface area contributed by atoms with E-state index in [2.05, 4.69) is 54.1 Å². The molecule has 172 valence electrons. The summed E-state index contributed by atoms with van der Waals surface area (Å²) < 4.78 is 5.75. The first-order valence-electron chi connectivity index (χ1n) is 11.5. The lowest BCUT2D eigenvalue weighted by Gasteiger charge is -2.35.